The highest BCUT2D eigenvalue weighted by molar-refractivity contribution is 6.30. The number of halogens is 1. The zero-order valence-corrected chi connectivity index (χ0v) is 15.9. The highest BCUT2D eigenvalue weighted by Gasteiger charge is 2.40. The summed E-state index contributed by atoms with van der Waals surface area (Å²) in [4.78, 5) is 0. The van der Waals surface area contributed by atoms with Crippen LogP contribution in [0.4, 0.5) is 0 Å². The van der Waals surface area contributed by atoms with Gasteiger partial charge >= 0.3 is 0 Å². The second kappa shape index (κ2) is 6.11. The van der Waals surface area contributed by atoms with Crippen LogP contribution in [0, 0.1) is 0 Å². The van der Waals surface area contributed by atoms with E-state index < -0.39 is 0 Å². The number of benzene rings is 4. The smallest absolute Gasteiger partial charge is 0.0435 e. The number of rotatable bonds is 2. The topological polar surface area (TPSA) is 0 Å². The average molecular weight is 367 g/mol. The lowest BCUT2D eigenvalue weighted by molar-refractivity contribution is 0.714. The zero-order valence-electron chi connectivity index (χ0n) is 15.1. The third kappa shape index (κ3) is 2.44. The van der Waals surface area contributed by atoms with Gasteiger partial charge in [-0.1, -0.05) is 96.5 Å². The Labute approximate surface area is 165 Å². The quantitative estimate of drug-likeness (QED) is 0.348. The Morgan fingerprint density at radius 2 is 1.19 bits per heavy atom. The van der Waals surface area contributed by atoms with E-state index in [1.54, 1.807) is 0 Å². The first-order chi connectivity index (χ1) is 13.2. The molecule has 0 aliphatic heterocycles. The summed E-state index contributed by atoms with van der Waals surface area (Å²) in [5.41, 5.74) is 8.94. The van der Waals surface area contributed by atoms with Crippen molar-refractivity contribution in [3.63, 3.8) is 0 Å². The summed E-state index contributed by atoms with van der Waals surface area (Å²) in [6, 6.07) is 34.5. The molecule has 0 amide bonds. The predicted molar refractivity (Wildman–Crippen MR) is 114 cm³/mol. The molecule has 1 aliphatic carbocycles. The summed E-state index contributed by atoms with van der Waals surface area (Å²) in [5.74, 6) is 0. The van der Waals surface area contributed by atoms with Crippen LogP contribution in [-0.4, -0.2) is 0 Å². The minimum Gasteiger partial charge on any atom is -0.0843 e. The molecule has 4 aromatic carbocycles. The first kappa shape index (κ1) is 16.4. The first-order valence-corrected chi connectivity index (χ1v) is 9.61. The number of hydrogen-bond acceptors (Lipinski definition) is 0. The van der Waals surface area contributed by atoms with Crippen LogP contribution < -0.4 is 0 Å². The third-order valence-electron chi connectivity index (χ3n) is 5.84. The average Bonchev–Trinajstić information content (AvgIpc) is 2.99. The van der Waals surface area contributed by atoms with Crippen LogP contribution >= 0.6 is 11.6 Å². The van der Waals surface area contributed by atoms with Crippen molar-refractivity contribution in [1.29, 1.82) is 0 Å². The molecule has 0 unspecified atom stereocenters. The molecule has 0 fully saturated rings. The predicted octanol–water partition coefficient (Wildman–Crippen LogP) is 7.34. The van der Waals surface area contributed by atoms with Crippen LogP contribution in [0.3, 0.4) is 0 Å². The van der Waals surface area contributed by atoms with Gasteiger partial charge in [-0.2, -0.15) is 0 Å². The molecular weight excluding hydrogens is 348 g/mol. The normalized spacial score (nSPS) is 13.9. The van der Waals surface area contributed by atoms with Crippen molar-refractivity contribution < 1.29 is 0 Å². The van der Waals surface area contributed by atoms with Crippen molar-refractivity contribution in [3.05, 3.63) is 119 Å². The lowest BCUT2D eigenvalue weighted by Gasteiger charge is -2.28. The van der Waals surface area contributed by atoms with Crippen molar-refractivity contribution in [2.75, 3.05) is 0 Å². The summed E-state index contributed by atoms with van der Waals surface area (Å²) in [7, 11) is 0. The molecule has 0 saturated carbocycles. The highest BCUT2D eigenvalue weighted by Crippen LogP contribution is 2.52. The van der Waals surface area contributed by atoms with Crippen LogP contribution in [0.15, 0.2) is 97.1 Å². The minimum absolute atomic E-state index is 0.139. The molecule has 0 bridgehead atoms. The molecule has 130 valence electrons. The van der Waals surface area contributed by atoms with Gasteiger partial charge in [-0.3, -0.25) is 0 Å². The van der Waals surface area contributed by atoms with E-state index in [4.69, 9.17) is 11.6 Å². The second-order valence-corrected chi connectivity index (χ2v) is 7.74. The Hall–Kier alpha value is -2.83. The summed E-state index contributed by atoms with van der Waals surface area (Å²) in [6.45, 7) is 2.34. The molecule has 0 aromatic heterocycles. The fraction of sp³-hybridized carbons (Fsp3) is 0.0769. The van der Waals surface area contributed by atoms with Gasteiger partial charge < -0.3 is 0 Å². The SMILES string of the molecule is CC1(c2ccc(-c3cccc(Cl)c3)cc2)c2ccccc2-c2ccccc21. The molecular formula is C26H19Cl. The maximum absolute atomic E-state index is 6.16. The third-order valence-corrected chi connectivity index (χ3v) is 6.08. The zero-order chi connectivity index (χ0) is 18.4. The van der Waals surface area contributed by atoms with Crippen LogP contribution in [0.25, 0.3) is 22.3 Å². The molecule has 1 heteroatoms. The van der Waals surface area contributed by atoms with E-state index in [0.29, 0.717) is 0 Å². The van der Waals surface area contributed by atoms with E-state index in [1.165, 1.54) is 33.4 Å². The van der Waals surface area contributed by atoms with Crippen LogP contribution in [-0.2, 0) is 5.41 Å². The Morgan fingerprint density at radius 3 is 1.78 bits per heavy atom. The molecule has 0 N–H and O–H groups in total. The number of fused-ring (bicyclic) bond motifs is 3. The summed E-state index contributed by atoms with van der Waals surface area (Å²) < 4.78 is 0. The second-order valence-electron chi connectivity index (χ2n) is 7.30. The maximum atomic E-state index is 6.16. The van der Waals surface area contributed by atoms with Gasteiger partial charge in [0.2, 0.25) is 0 Å². The Morgan fingerprint density at radius 1 is 0.593 bits per heavy atom. The van der Waals surface area contributed by atoms with Crippen LogP contribution in [0.1, 0.15) is 23.6 Å². The van der Waals surface area contributed by atoms with Crippen LogP contribution in [0.5, 0.6) is 0 Å². The molecule has 0 radical (unpaired) electrons. The minimum atomic E-state index is -0.139. The van der Waals surface area contributed by atoms with Crippen molar-refractivity contribution >= 4 is 11.6 Å². The number of hydrogen-bond donors (Lipinski definition) is 0. The van der Waals surface area contributed by atoms with E-state index in [9.17, 15) is 0 Å². The van der Waals surface area contributed by atoms with E-state index in [-0.39, 0.29) is 5.41 Å². The monoisotopic (exact) mass is 366 g/mol. The lowest BCUT2D eigenvalue weighted by atomic mass is 9.74. The van der Waals surface area contributed by atoms with Gasteiger partial charge in [-0.15, -0.1) is 0 Å². The van der Waals surface area contributed by atoms with Crippen molar-refractivity contribution in [3.8, 4) is 22.3 Å². The molecule has 1 aliphatic rings. The standard InChI is InChI=1S/C26H19Cl/c1-26(20-15-13-18(14-16-20)19-7-6-8-21(27)17-19)24-11-4-2-9-22(24)23-10-3-5-12-25(23)26/h2-17H,1H3. The molecule has 0 atom stereocenters. The van der Waals surface area contributed by atoms with Gasteiger partial charge in [0.05, 0.1) is 0 Å². The molecule has 0 heterocycles. The molecule has 5 rings (SSSR count). The van der Waals surface area contributed by atoms with Gasteiger partial charge in [0.15, 0.2) is 0 Å². The lowest BCUT2D eigenvalue weighted by Crippen LogP contribution is -2.22. The van der Waals surface area contributed by atoms with Gasteiger partial charge in [0.25, 0.3) is 0 Å². The van der Waals surface area contributed by atoms with Crippen molar-refractivity contribution in [2.24, 2.45) is 0 Å². The summed E-state index contributed by atoms with van der Waals surface area (Å²) in [5, 5.41) is 0.766. The van der Waals surface area contributed by atoms with E-state index >= 15 is 0 Å². The Balaban J connectivity index is 1.66. The highest BCUT2D eigenvalue weighted by atomic mass is 35.5. The van der Waals surface area contributed by atoms with Crippen molar-refractivity contribution in [1.82, 2.24) is 0 Å². The molecule has 0 spiro atoms. The molecule has 27 heavy (non-hydrogen) atoms. The van der Waals surface area contributed by atoms with Crippen molar-refractivity contribution in [2.45, 2.75) is 12.3 Å². The van der Waals surface area contributed by atoms with Crippen LogP contribution in [0.2, 0.25) is 5.02 Å². The Kier molecular flexibility index (Phi) is 3.70. The van der Waals surface area contributed by atoms with Gasteiger partial charge in [-0.05, 0) is 58.0 Å². The van der Waals surface area contributed by atoms with E-state index in [2.05, 4.69) is 85.8 Å². The fourth-order valence-electron chi connectivity index (χ4n) is 4.43. The Bertz CT molecular complexity index is 1090. The first-order valence-electron chi connectivity index (χ1n) is 9.24. The van der Waals surface area contributed by atoms with Gasteiger partial charge in [-0.25, -0.2) is 0 Å². The molecule has 0 saturated heterocycles. The fourth-order valence-corrected chi connectivity index (χ4v) is 4.62. The molecule has 4 aromatic rings. The van der Waals surface area contributed by atoms with E-state index in [0.717, 1.165) is 10.6 Å². The van der Waals surface area contributed by atoms with Gasteiger partial charge in [0, 0.05) is 10.4 Å². The van der Waals surface area contributed by atoms with Gasteiger partial charge in [0.1, 0.15) is 0 Å². The van der Waals surface area contributed by atoms with E-state index in [1.807, 2.05) is 18.2 Å². The molecule has 0 nitrogen and oxygen atoms in total. The largest absolute Gasteiger partial charge is 0.0843 e. The summed E-state index contributed by atoms with van der Waals surface area (Å²) in [6.07, 6.45) is 0. The maximum Gasteiger partial charge on any atom is 0.0435 e. The summed E-state index contributed by atoms with van der Waals surface area (Å²) >= 11 is 6.16.